The number of phenolic OH excluding ortho intramolecular Hbond substituents is 1. The molecule has 45 heavy (non-hydrogen) atoms. The van der Waals surface area contributed by atoms with Gasteiger partial charge in [0.1, 0.15) is 17.1 Å². The van der Waals surface area contributed by atoms with Crippen LogP contribution in [0.1, 0.15) is 56.2 Å². The van der Waals surface area contributed by atoms with Crippen LogP contribution in [0, 0.1) is 0 Å². The number of carbonyl (C=O) groups excluding carboxylic acids is 1. The third kappa shape index (κ3) is 9.94. The van der Waals surface area contributed by atoms with Crippen molar-refractivity contribution in [3.05, 3.63) is 108 Å². The molecular weight excluding hydrogens is 570 g/mol. The van der Waals surface area contributed by atoms with Gasteiger partial charge in [-0.3, -0.25) is 0 Å². The lowest BCUT2D eigenvalue weighted by Gasteiger charge is -2.37. The maximum atomic E-state index is 12.4. The Morgan fingerprint density at radius 2 is 1.62 bits per heavy atom. The summed E-state index contributed by atoms with van der Waals surface area (Å²) in [6, 6.07) is 29.7. The van der Waals surface area contributed by atoms with Crippen LogP contribution in [0.25, 0.3) is 10.8 Å². The number of hydrogen-bond acceptors (Lipinski definition) is 8. The van der Waals surface area contributed by atoms with E-state index in [-0.39, 0.29) is 17.8 Å². The Morgan fingerprint density at radius 1 is 0.867 bits per heavy atom. The number of hydrogen-bond donors (Lipinski definition) is 1. The van der Waals surface area contributed by atoms with Crippen LogP contribution in [0.4, 0.5) is 4.79 Å². The van der Waals surface area contributed by atoms with Crippen molar-refractivity contribution in [1.29, 1.82) is 0 Å². The first-order chi connectivity index (χ1) is 21.7. The Hall–Kier alpha value is -4.11. The summed E-state index contributed by atoms with van der Waals surface area (Å²) in [5, 5.41) is 13.4. The molecule has 0 spiro atoms. The number of carbonyl (C=O) groups is 1. The minimum Gasteiger partial charge on any atom is -0.508 e. The van der Waals surface area contributed by atoms with E-state index in [0.717, 1.165) is 46.1 Å². The molecule has 0 saturated carbocycles. The number of phenols is 1. The van der Waals surface area contributed by atoms with E-state index in [0.29, 0.717) is 39.5 Å². The van der Waals surface area contributed by atoms with Crippen LogP contribution in [-0.4, -0.2) is 54.3 Å². The van der Waals surface area contributed by atoms with Crippen molar-refractivity contribution in [3.63, 3.8) is 0 Å². The largest absolute Gasteiger partial charge is 0.528 e. The van der Waals surface area contributed by atoms with Gasteiger partial charge in [-0.25, -0.2) is 4.79 Å². The highest BCUT2D eigenvalue weighted by Crippen LogP contribution is 2.33. The molecule has 4 aromatic rings. The molecule has 2 unspecified atom stereocenters. The lowest BCUT2D eigenvalue weighted by Crippen LogP contribution is -2.45. The summed E-state index contributed by atoms with van der Waals surface area (Å²) < 4.78 is 23.6. The van der Waals surface area contributed by atoms with Crippen LogP contribution in [-0.2, 0) is 32.3 Å². The fraction of sp³-hybridized carbons (Fsp3) is 0.378. The first kappa shape index (κ1) is 32.3. The molecule has 8 heteroatoms. The predicted molar refractivity (Wildman–Crippen MR) is 173 cm³/mol. The molecule has 1 aliphatic rings. The van der Waals surface area contributed by atoms with Gasteiger partial charge < -0.3 is 28.9 Å². The van der Waals surface area contributed by atoms with E-state index >= 15 is 0 Å². The zero-order chi connectivity index (χ0) is 31.6. The van der Waals surface area contributed by atoms with Crippen LogP contribution < -0.4 is 4.74 Å². The van der Waals surface area contributed by atoms with Gasteiger partial charge in [0.15, 0.2) is 0 Å². The van der Waals surface area contributed by atoms with Gasteiger partial charge in [-0.15, -0.1) is 5.06 Å². The number of ether oxygens (including phenoxy) is 4. The van der Waals surface area contributed by atoms with E-state index in [4.69, 9.17) is 23.8 Å². The van der Waals surface area contributed by atoms with Gasteiger partial charge in [0.05, 0.1) is 39.1 Å². The van der Waals surface area contributed by atoms with E-state index in [1.807, 2.05) is 69.3 Å². The van der Waals surface area contributed by atoms with Gasteiger partial charge in [-0.1, -0.05) is 60.7 Å². The van der Waals surface area contributed by atoms with Crippen LogP contribution >= 0.6 is 0 Å². The van der Waals surface area contributed by atoms with Gasteiger partial charge in [0.25, 0.3) is 0 Å². The zero-order valence-electron chi connectivity index (χ0n) is 26.3. The number of benzene rings is 4. The summed E-state index contributed by atoms with van der Waals surface area (Å²) in [6.45, 7) is 8.61. The number of aromatic hydroxyl groups is 1. The summed E-state index contributed by atoms with van der Waals surface area (Å²) >= 11 is 0. The Balaban J connectivity index is 1.18. The number of hydroxylamine groups is 2. The first-order valence-electron chi connectivity index (χ1n) is 15.6. The molecule has 4 aromatic carbocycles. The topological polar surface area (TPSA) is 86.7 Å². The minimum absolute atomic E-state index is 0.0985. The van der Waals surface area contributed by atoms with E-state index in [1.165, 1.54) is 0 Å². The molecule has 8 nitrogen and oxygen atoms in total. The average molecular weight is 614 g/mol. The molecule has 2 atom stereocenters. The van der Waals surface area contributed by atoms with Gasteiger partial charge in [0, 0.05) is 18.9 Å². The quantitative estimate of drug-likeness (QED) is 0.128. The Morgan fingerprint density at radius 3 is 2.40 bits per heavy atom. The maximum absolute atomic E-state index is 12.4. The summed E-state index contributed by atoms with van der Waals surface area (Å²) in [5.74, 6) is 1.15. The number of fused-ring (bicyclic) bond motifs is 1. The molecule has 1 N–H and O–H groups in total. The third-order valence-electron chi connectivity index (χ3n) is 7.59. The molecule has 1 fully saturated rings. The smallest absolute Gasteiger partial charge is 0.508 e. The monoisotopic (exact) mass is 613 g/mol. The normalized spacial score (nSPS) is 17.2. The fourth-order valence-electron chi connectivity index (χ4n) is 5.40. The molecule has 238 valence electrons. The molecule has 1 aliphatic heterocycles. The molecule has 0 amide bonds. The molecule has 1 saturated heterocycles. The lowest BCUT2D eigenvalue weighted by atomic mass is 9.87. The molecule has 1 heterocycles. The minimum atomic E-state index is -0.718. The second-order valence-corrected chi connectivity index (χ2v) is 12.4. The molecule has 0 radical (unpaired) electrons. The van der Waals surface area contributed by atoms with Crippen molar-refractivity contribution >= 4 is 16.9 Å². The van der Waals surface area contributed by atoms with Crippen molar-refractivity contribution < 1.29 is 33.7 Å². The maximum Gasteiger partial charge on any atom is 0.528 e. The number of nitrogens with zero attached hydrogens (tertiary/aromatic N) is 1. The fourth-order valence-corrected chi connectivity index (χ4v) is 5.40. The molecule has 0 aromatic heterocycles. The summed E-state index contributed by atoms with van der Waals surface area (Å²) in [4.78, 5) is 18.0. The van der Waals surface area contributed by atoms with Gasteiger partial charge in [0.2, 0.25) is 0 Å². The van der Waals surface area contributed by atoms with Gasteiger partial charge in [-0.2, -0.15) is 0 Å². The zero-order valence-corrected chi connectivity index (χ0v) is 26.3. The van der Waals surface area contributed by atoms with E-state index in [1.54, 1.807) is 17.2 Å². The second-order valence-electron chi connectivity index (χ2n) is 12.4. The van der Waals surface area contributed by atoms with Crippen LogP contribution in [0.5, 0.6) is 11.5 Å². The summed E-state index contributed by atoms with van der Waals surface area (Å²) in [5.41, 5.74) is 2.69. The van der Waals surface area contributed by atoms with Crippen molar-refractivity contribution in [3.8, 4) is 11.5 Å². The van der Waals surface area contributed by atoms with Crippen molar-refractivity contribution in [2.45, 2.75) is 64.4 Å². The second kappa shape index (κ2) is 15.3. The van der Waals surface area contributed by atoms with E-state index in [9.17, 15) is 9.90 Å². The third-order valence-corrected chi connectivity index (χ3v) is 7.59. The van der Waals surface area contributed by atoms with Gasteiger partial charge in [-0.05, 0) is 85.0 Å². The van der Waals surface area contributed by atoms with Crippen molar-refractivity contribution in [2.24, 2.45) is 0 Å². The Labute approximate surface area is 265 Å². The average Bonchev–Trinajstić information content (AvgIpc) is 3.01. The highest BCUT2D eigenvalue weighted by Gasteiger charge is 2.34. The molecule has 0 aliphatic carbocycles. The molecular formula is C37H43NO7. The number of rotatable bonds is 12. The lowest BCUT2D eigenvalue weighted by molar-refractivity contribution is -0.179. The van der Waals surface area contributed by atoms with E-state index in [2.05, 4.69) is 30.3 Å². The number of piperidine rings is 1. The van der Waals surface area contributed by atoms with E-state index < -0.39 is 11.8 Å². The highest BCUT2D eigenvalue weighted by atomic mass is 16.8. The first-order valence-corrected chi connectivity index (χ1v) is 15.6. The molecule has 0 bridgehead atoms. The Bertz CT molecular complexity index is 1520. The summed E-state index contributed by atoms with van der Waals surface area (Å²) in [7, 11) is 0. The van der Waals surface area contributed by atoms with Crippen LogP contribution in [0.3, 0.4) is 0 Å². The summed E-state index contributed by atoms with van der Waals surface area (Å²) in [6.07, 6.45) is 0.592. The van der Waals surface area contributed by atoms with Gasteiger partial charge >= 0.3 is 6.16 Å². The molecule has 5 rings (SSSR count). The standard InChI is InChI=1S/C37H43NO7/c1-37(2,3)44-36(40)45-38-19-18-34(35(24-38)43-26-28-10-11-31-23-32(39)15-12-30(31)22-28)29-13-16-33(17-14-29)42-21-7-20-41-25-27-8-5-4-6-9-27/h4-6,8-17,22-23,34-35,39H,7,18-21,24-26H2,1-3H3. The Kier molecular flexibility index (Phi) is 10.9. The predicted octanol–water partition coefficient (Wildman–Crippen LogP) is 7.77. The SMILES string of the molecule is CC(C)(C)OC(=O)ON1CCC(c2ccc(OCCCOCc3ccccc3)cc2)C(OCc2ccc3cc(O)ccc3c2)C1. The van der Waals surface area contributed by atoms with Crippen LogP contribution in [0.2, 0.25) is 0 Å². The highest BCUT2D eigenvalue weighted by molar-refractivity contribution is 5.84. The van der Waals surface area contributed by atoms with Crippen molar-refractivity contribution in [2.75, 3.05) is 26.3 Å². The van der Waals surface area contributed by atoms with Crippen molar-refractivity contribution in [1.82, 2.24) is 5.06 Å². The van der Waals surface area contributed by atoms with Crippen LogP contribution in [0.15, 0.2) is 91.0 Å².